The molecule has 1 amide bonds. The summed E-state index contributed by atoms with van der Waals surface area (Å²) in [4.78, 5) is 17.6. The maximum atomic E-state index is 13.7. The summed E-state index contributed by atoms with van der Waals surface area (Å²) in [5.41, 5.74) is 1.21. The second kappa shape index (κ2) is 6.30. The monoisotopic (exact) mass is 313 g/mol. The number of carbonyl (C=O) groups excluding carboxylic acids is 1. The van der Waals surface area contributed by atoms with Crippen molar-refractivity contribution in [3.05, 3.63) is 23.8 Å². The molecule has 2 aromatic rings. The van der Waals surface area contributed by atoms with E-state index in [2.05, 4.69) is 4.98 Å². The maximum Gasteiger partial charge on any atom is 0.223 e. The molecule has 0 spiro atoms. The Labute approximate surface area is 127 Å². The van der Waals surface area contributed by atoms with E-state index in [1.54, 1.807) is 20.2 Å². The van der Waals surface area contributed by atoms with Gasteiger partial charge in [0.2, 0.25) is 5.91 Å². The zero-order valence-corrected chi connectivity index (χ0v) is 12.9. The van der Waals surface area contributed by atoms with Crippen LogP contribution < -0.4 is 4.74 Å². The van der Waals surface area contributed by atoms with Crippen LogP contribution in [0.4, 0.5) is 4.39 Å². The predicted molar refractivity (Wildman–Crippen MR) is 79.1 cm³/mol. The van der Waals surface area contributed by atoms with E-state index < -0.39 is 5.82 Å². The Hall–Kier alpha value is -1.82. The third-order valence-electron chi connectivity index (χ3n) is 3.27. The van der Waals surface area contributed by atoms with Crippen molar-refractivity contribution in [2.24, 2.45) is 0 Å². The van der Waals surface area contributed by atoms with Crippen LogP contribution in [0.3, 0.4) is 0 Å². The fourth-order valence-corrected chi connectivity index (χ4v) is 2.32. The molecule has 0 unspecified atom stereocenters. The standard InChI is InChI=1S/C14H17ClFN3O2/c1-18(2)14(20)4-5-19-11-7-12(21-3)9(16)6-10(11)17-13(19)8-15/h6-7H,4-5,8H2,1-3H3. The number of fused-ring (bicyclic) bond motifs is 1. The number of aromatic nitrogens is 2. The first-order valence-corrected chi connectivity index (χ1v) is 7.00. The third-order valence-corrected chi connectivity index (χ3v) is 3.51. The fraction of sp³-hybridized carbons (Fsp3) is 0.429. The second-order valence-electron chi connectivity index (χ2n) is 4.83. The largest absolute Gasteiger partial charge is 0.494 e. The molecule has 0 aliphatic carbocycles. The number of nitrogens with zero attached hydrogens (tertiary/aromatic N) is 3. The van der Waals surface area contributed by atoms with Gasteiger partial charge in [0.1, 0.15) is 5.82 Å². The summed E-state index contributed by atoms with van der Waals surface area (Å²) in [6.07, 6.45) is 0.321. The maximum absolute atomic E-state index is 13.7. The number of alkyl halides is 1. The molecule has 0 N–H and O–H groups in total. The number of ether oxygens (including phenoxy) is 1. The molecule has 0 aliphatic heterocycles. The summed E-state index contributed by atoms with van der Waals surface area (Å²) >= 11 is 5.89. The van der Waals surface area contributed by atoms with E-state index in [0.29, 0.717) is 29.8 Å². The number of halogens is 2. The lowest BCUT2D eigenvalue weighted by Crippen LogP contribution is -2.23. The van der Waals surface area contributed by atoms with E-state index in [-0.39, 0.29) is 17.5 Å². The van der Waals surface area contributed by atoms with Crippen molar-refractivity contribution < 1.29 is 13.9 Å². The van der Waals surface area contributed by atoms with E-state index in [0.717, 1.165) is 0 Å². The van der Waals surface area contributed by atoms with Crippen molar-refractivity contribution in [3.63, 3.8) is 0 Å². The van der Waals surface area contributed by atoms with Crippen molar-refractivity contribution in [1.82, 2.24) is 14.5 Å². The number of amides is 1. The van der Waals surface area contributed by atoms with Crippen molar-refractivity contribution in [1.29, 1.82) is 0 Å². The van der Waals surface area contributed by atoms with Crippen molar-refractivity contribution in [2.45, 2.75) is 18.8 Å². The van der Waals surface area contributed by atoms with Crippen molar-refractivity contribution in [2.75, 3.05) is 21.2 Å². The van der Waals surface area contributed by atoms with Crippen LogP contribution in [0, 0.1) is 5.82 Å². The van der Waals surface area contributed by atoms with Gasteiger partial charge in [0.25, 0.3) is 0 Å². The van der Waals surface area contributed by atoms with Crippen molar-refractivity contribution in [3.8, 4) is 5.75 Å². The average molecular weight is 314 g/mol. The van der Waals surface area contributed by atoms with Crippen LogP contribution in [0.2, 0.25) is 0 Å². The highest BCUT2D eigenvalue weighted by atomic mass is 35.5. The number of hydrogen-bond donors (Lipinski definition) is 0. The highest BCUT2D eigenvalue weighted by molar-refractivity contribution is 6.16. The molecule has 0 atom stereocenters. The molecule has 1 heterocycles. The Morgan fingerprint density at radius 1 is 1.48 bits per heavy atom. The van der Waals surface area contributed by atoms with Crippen LogP contribution in [0.1, 0.15) is 12.2 Å². The molecular formula is C14H17ClFN3O2. The molecule has 0 fully saturated rings. The van der Waals surface area contributed by atoms with Gasteiger partial charge in [-0.2, -0.15) is 0 Å². The zero-order chi connectivity index (χ0) is 15.6. The number of hydrogen-bond acceptors (Lipinski definition) is 3. The minimum atomic E-state index is -0.472. The molecular weight excluding hydrogens is 297 g/mol. The van der Waals surface area contributed by atoms with Gasteiger partial charge in [0, 0.05) is 39.2 Å². The second-order valence-corrected chi connectivity index (χ2v) is 5.09. The van der Waals surface area contributed by atoms with Gasteiger partial charge in [-0.3, -0.25) is 4.79 Å². The molecule has 0 aliphatic rings. The Balaban J connectivity index is 2.42. The van der Waals surface area contributed by atoms with Gasteiger partial charge in [-0.05, 0) is 0 Å². The number of methoxy groups -OCH3 is 1. The van der Waals surface area contributed by atoms with E-state index in [9.17, 15) is 9.18 Å². The average Bonchev–Trinajstić information content (AvgIpc) is 2.80. The number of aryl methyl sites for hydroxylation is 1. The Morgan fingerprint density at radius 3 is 2.76 bits per heavy atom. The molecule has 7 heteroatoms. The molecule has 1 aromatic heterocycles. The molecule has 0 saturated heterocycles. The summed E-state index contributed by atoms with van der Waals surface area (Å²) < 4.78 is 20.5. The van der Waals surface area contributed by atoms with E-state index in [1.165, 1.54) is 18.1 Å². The van der Waals surface area contributed by atoms with Gasteiger partial charge in [-0.1, -0.05) is 0 Å². The zero-order valence-electron chi connectivity index (χ0n) is 12.2. The lowest BCUT2D eigenvalue weighted by atomic mass is 10.2. The number of rotatable bonds is 5. The Kier molecular flexibility index (Phi) is 4.67. The Morgan fingerprint density at radius 2 is 2.19 bits per heavy atom. The lowest BCUT2D eigenvalue weighted by Gasteiger charge is -2.12. The van der Waals surface area contributed by atoms with Gasteiger partial charge in [-0.15, -0.1) is 11.6 Å². The van der Waals surface area contributed by atoms with Gasteiger partial charge in [0.05, 0.1) is 24.0 Å². The number of benzene rings is 1. The SMILES string of the molecule is COc1cc2c(cc1F)nc(CCl)n2CCC(=O)N(C)C. The first-order valence-electron chi connectivity index (χ1n) is 6.46. The topological polar surface area (TPSA) is 47.4 Å². The van der Waals surface area contributed by atoms with E-state index in [4.69, 9.17) is 16.3 Å². The number of carbonyl (C=O) groups is 1. The molecule has 0 saturated carbocycles. The van der Waals surface area contributed by atoms with Gasteiger partial charge < -0.3 is 14.2 Å². The van der Waals surface area contributed by atoms with Crippen LogP contribution in [0.5, 0.6) is 5.75 Å². The molecule has 114 valence electrons. The van der Waals surface area contributed by atoms with Crippen LogP contribution >= 0.6 is 11.6 Å². The molecule has 5 nitrogen and oxygen atoms in total. The summed E-state index contributed by atoms with van der Waals surface area (Å²) in [7, 11) is 4.81. The summed E-state index contributed by atoms with van der Waals surface area (Å²) in [6, 6.07) is 2.89. The van der Waals surface area contributed by atoms with Gasteiger partial charge in [-0.25, -0.2) is 9.37 Å². The summed E-state index contributed by atoms with van der Waals surface area (Å²) in [6.45, 7) is 0.435. The smallest absolute Gasteiger partial charge is 0.223 e. The fourth-order valence-electron chi connectivity index (χ4n) is 2.12. The van der Waals surface area contributed by atoms with Crippen LogP contribution in [-0.4, -0.2) is 41.6 Å². The molecule has 0 bridgehead atoms. The minimum Gasteiger partial charge on any atom is -0.494 e. The molecule has 21 heavy (non-hydrogen) atoms. The summed E-state index contributed by atoms with van der Waals surface area (Å²) in [5, 5.41) is 0. The van der Waals surface area contributed by atoms with Crippen LogP contribution in [-0.2, 0) is 17.2 Å². The van der Waals surface area contributed by atoms with Gasteiger partial charge >= 0.3 is 0 Å². The van der Waals surface area contributed by atoms with Gasteiger partial charge in [0.15, 0.2) is 11.6 Å². The minimum absolute atomic E-state index is 0.00597. The Bertz CT molecular complexity index is 670. The molecule has 0 radical (unpaired) electrons. The van der Waals surface area contributed by atoms with E-state index >= 15 is 0 Å². The lowest BCUT2D eigenvalue weighted by molar-refractivity contribution is -0.128. The van der Waals surface area contributed by atoms with E-state index in [1.807, 2.05) is 4.57 Å². The normalized spacial score (nSPS) is 10.9. The number of imidazole rings is 1. The highest BCUT2D eigenvalue weighted by Gasteiger charge is 2.15. The van der Waals surface area contributed by atoms with Crippen LogP contribution in [0.15, 0.2) is 12.1 Å². The summed E-state index contributed by atoms with van der Waals surface area (Å²) in [5.74, 6) is 0.468. The first kappa shape index (κ1) is 15.6. The first-order chi connectivity index (χ1) is 9.97. The van der Waals surface area contributed by atoms with Crippen molar-refractivity contribution >= 4 is 28.5 Å². The third kappa shape index (κ3) is 3.10. The highest BCUT2D eigenvalue weighted by Crippen LogP contribution is 2.26. The predicted octanol–water partition coefficient (Wildman–Crippen LogP) is 2.40. The molecule has 2 rings (SSSR count). The molecule has 1 aromatic carbocycles. The van der Waals surface area contributed by atoms with Crippen LogP contribution in [0.25, 0.3) is 11.0 Å². The quantitative estimate of drug-likeness (QED) is 0.796.